The Hall–Kier alpha value is -3.42. The van der Waals surface area contributed by atoms with Crippen molar-refractivity contribution < 1.29 is 23.8 Å². The fourth-order valence-corrected chi connectivity index (χ4v) is 2.56. The fourth-order valence-electron chi connectivity index (χ4n) is 2.56. The van der Waals surface area contributed by atoms with Crippen LogP contribution in [0.3, 0.4) is 0 Å². The van der Waals surface area contributed by atoms with Crippen LogP contribution >= 0.6 is 0 Å². The lowest BCUT2D eigenvalue weighted by molar-refractivity contribution is 0.0922. The van der Waals surface area contributed by atoms with Gasteiger partial charge >= 0.3 is 12.1 Å². The van der Waals surface area contributed by atoms with E-state index in [1.807, 2.05) is 24.3 Å². The highest BCUT2D eigenvalue weighted by molar-refractivity contribution is 5.90. The Bertz CT molecular complexity index is 809. The van der Waals surface area contributed by atoms with Crippen LogP contribution in [0.1, 0.15) is 0 Å². The number of carbonyl (C=O) groups is 2. The predicted octanol–water partition coefficient (Wildman–Crippen LogP) is 2.85. The average Bonchev–Trinajstić information content (AvgIpc) is 2.71. The first kappa shape index (κ1) is 18.4. The van der Waals surface area contributed by atoms with Gasteiger partial charge in [0.25, 0.3) is 0 Å². The van der Waals surface area contributed by atoms with Crippen molar-refractivity contribution in [3.8, 4) is 11.5 Å². The summed E-state index contributed by atoms with van der Waals surface area (Å²) in [6.07, 6.45) is -0.730. The molecule has 1 aliphatic rings. The van der Waals surface area contributed by atoms with Crippen molar-refractivity contribution in [2.75, 3.05) is 37.5 Å². The molecule has 0 radical (unpaired) electrons. The number of methoxy groups -OCH3 is 1. The van der Waals surface area contributed by atoms with Crippen LogP contribution in [0.25, 0.3) is 0 Å². The monoisotopic (exact) mass is 371 g/mol. The third kappa shape index (κ3) is 4.60. The number of rotatable bonds is 4. The number of para-hydroxylation sites is 2. The minimum absolute atomic E-state index is 0.262. The Labute approximate surface area is 157 Å². The van der Waals surface area contributed by atoms with Crippen LogP contribution in [0.4, 0.5) is 21.0 Å². The molecule has 0 bridgehead atoms. The van der Waals surface area contributed by atoms with Gasteiger partial charge in [-0.05, 0) is 36.4 Å². The molecule has 0 fully saturated rings. The Morgan fingerprint density at radius 2 is 1.85 bits per heavy atom. The minimum atomic E-state index is -0.468. The maximum Gasteiger partial charge on any atom is 0.413 e. The third-order valence-electron chi connectivity index (χ3n) is 4.02. The largest absolute Gasteiger partial charge is 0.486 e. The fraction of sp³-hybridized carbons (Fsp3) is 0.263. The summed E-state index contributed by atoms with van der Waals surface area (Å²) in [5, 5.41) is 5.49. The molecule has 1 heterocycles. The van der Waals surface area contributed by atoms with Crippen LogP contribution in [0, 0.1) is 0 Å². The molecule has 1 atom stereocenters. The highest BCUT2D eigenvalue weighted by Crippen LogP contribution is 2.30. The smallest absolute Gasteiger partial charge is 0.413 e. The van der Waals surface area contributed by atoms with Gasteiger partial charge in [0.1, 0.15) is 6.61 Å². The number of fused-ring (bicyclic) bond motifs is 1. The van der Waals surface area contributed by atoms with Crippen molar-refractivity contribution in [3.05, 3.63) is 48.5 Å². The number of hydrogen-bond donors (Lipinski definition) is 2. The number of nitrogens with one attached hydrogen (secondary N) is 2. The van der Waals surface area contributed by atoms with Gasteiger partial charge in [-0.1, -0.05) is 12.1 Å². The molecule has 142 valence electrons. The summed E-state index contributed by atoms with van der Waals surface area (Å²) >= 11 is 0. The lowest BCUT2D eigenvalue weighted by atomic mass is 10.2. The quantitative estimate of drug-likeness (QED) is 0.863. The van der Waals surface area contributed by atoms with Gasteiger partial charge in [-0.15, -0.1) is 0 Å². The topological polar surface area (TPSA) is 89.1 Å². The second kappa shape index (κ2) is 8.31. The normalized spacial score (nSPS) is 14.8. The molecule has 8 heteroatoms. The van der Waals surface area contributed by atoms with Crippen LogP contribution in [-0.4, -0.2) is 45.5 Å². The Morgan fingerprint density at radius 1 is 1.15 bits per heavy atom. The van der Waals surface area contributed by atoms with E-state index in [4.69, 9.17) is 9.47 Å². The Kier molecular flexibility index (Phi) is 5.65. The molecule has 3 rings (SSSR count). The van der Waals surface area contributed by atoms with Gasteiger partial charge in [0.2, 0.25) is 0 Å². The Morgan fingerprint density at radius 3 is 2.56 bits per heavy atom. The molecule has 27 heavy (non-hydrogen) atoms. The summed E-state index contributed by atoms with van der Waals surface area (Å²) in [7, 11) is 2.92. The molecule has 0 spiro atoms. The number of nitrogens with zero attached hydrogens (tertiary/aromatic N) is 1. The molecule has 0 aliphatic carbocycles. The molecule has 0 aromatic heterocycles. The van der Waals surface area contributed by atoms with Gasteiger partial charge in [0, 0.05) is 18.4 Å². The van der Waals surface area contributed by atoms with E-state index in [9.17, 15) is 9.59 Å². The van der Waals surface area contributed by atoms with Crippen molar-refractivity contribution in [2.24, 2.45) is 0 Å². The third-order valence-corrected chi connectivity index (χ3v) is 4.02. The number of anilines is 2. The molecule has 2 aromatic carbocycles. The molecule has 8 nitrogen and oxygen atoms in total. The van der Waals surface area contributed by atoms with E-state index in [2.05, 4.69) is 15.4 Å². The summed E-state index contributed by atoms with van der Waals surface area (Å²) in [6, 6.07) is 13.9. The molecule has 3 amide bonds. The maximum absolute atomic E-state index is 12.1. The lowest BCUT2D eigenvalue weighted by Gasteiger charge is -2.26. The van der Waals surface area contributed by atoms with Gasteiger partial charge < -0.3 is 24.8 Å². The summed E-state index contributed by atoms with van der Waals surface area (Å²) in [5.41, 5.74) is 1.25. The number of benzene rings is 2. The standard InChI is InChI=1S/C19H21N3O5/c1-22(19(24)25-2)14-9-7-13(8-10-14)21-18(23)20-11-15-12-26-16-5-3-4-6-17(16)27-15/h3-10,15H,11-12H2,1-2H3,(H2,20,21,23). The molecule has 2 aromatic rings. The number of ether oxygens (including phenoxy) is 3. The second-order valence-corrected chi connectivity index (χ2v) is 5.91. The van der Waals surface area contributed by atoms with Gasteiger partial charge in [-0.2, -0.15) is 0 Å². The van der Waals surface area contributed by atoms with Crippen LogP contribution in [0.2, 0.25) is 0 Å². The summed E-state index contributed by atoms with van der Waals surface area (Å²) in [4.78, 5) is 24.9. The van der Waals surface area contributed by atoms with E-state index in [0.717, 1.165) is 0 Å². The highest BCUT2D eigenvalue weighted by atomic mass is 16.6. The lowest BCUT2D eigenvalue weighted by Crippen LogP contribution is -2.42. The van der Waals surface area contributed by atoms with Crippen molar-refractivity contribution in [1.82, 2.24) is 5.32 Å². The molecular formula is C19H21N3O5. The van der Waals surface area contributed by atoms with Gasteiger partial charge in [0.05, 0.1) is 13.7 Å². The molecule has 0 saturated carbocycles. The van der Waals surface area contributed by atoms with E-state index in [0.29, 0.717) is 36.0 Å². The zero-order valence-corrected chi connectivity index (χ0v) is 15.1. The van der Waals surface area contributed by atoms with Gasteiger partial charge in [0.15, 0.2) is 17.6 Å². The average molecular weight is 371 g/mol. The molecule has 1 unspecified atom stereocenters. The molecular weight excluding hydrogens is 350 g/mol. The summed E-state index contributed by atoms with van der Waals surface area (Å²) in [5.74, 6) is 1.37. The van der Waals surface area contributed by atoms with E-state index in [1.165, 1.54) is 12.0 Å². The van der Waals surface area contributed by atoms with Crippen molar-refractivity contribution in [2.45, 2.75) is 6.10 Å². The maximum atomic E-state index is 12.1. The summed E-state index contributed by atoms with van der Waals surface area (Å²) < 4.78 is 16.1. The zero-order valence-electron chi connectivity index (χ0n) is 15.1. The van der Waals surface area contributed by atoms with E-state index in [1.54, 1.807) is 31.3 Å². The minimum Gasteiger partial charge on any atom is -0.486 e. The highest BCUT2D eigenvalue weighted by Gasteiger charge is 2.21. The van der Waals surface area contributed by atoms with Crippen molar-refractivity contribution >= 4 is 23.5 Å². The Balaban J connectivity index is 1.48. The zero-order chi connectivity index (χ0) is 19.2. The SMILES string of the molecule is COC(=O)N(C)c1ccc(NC(=O)NCC2COc3ccccc3O2)cc1. The van der Waals surface area contributed by atoms with Gasteiger partial charge in [-0.3, -0.25) is 4.90 Å². The van der Waals surface area contributed by atoms with E-state index in [-0.39, 0.29) is 12.1 Å². The predicted molar refractivity (Wildman–Crippen MR) is 101 cm³/mol. The van der Waals surface area contributed by atoms with Crippen molar-refractivity contribution in [3.63, 3.8) is 0 Å². The number of hydrogen-bond acceptors (Lipinski definition) is 5. The second-order valence-electron chi connectivity index (χ2n) is 5.91. The molecule has 1 aliphatic heterocycles. The van der Waals surface area contributed by atoms with Gasteiger partial charge in [-0.25, -0.2) is 9.59 Å². The molecule has 0 saturated heterocycles. The van der Waals surface area contributed by atoms with Crippen LogP contribution in [-0.2, 0) is 4.74 Å². The van der Waals surface area contributed by atoms with E-state index >= 15 is 0 Å². The summed E-state index contributed by atoms with van der Waals surface area (Å²) in [6.45, 7) is 0.676. The first-order valence-electron chi connectivity index (χ1n) is 8.42. The number of amides is 3. The van der Waals surface area contributed by atoms with Crippen molar-refractivity contribution in [1.29, 1.82) is 0 Å². The first-order chi connectivity index (χ1) is 13.1. The molecule has 2 N–H and O–H groups in total. The first-order valence-corrected chi connectivity index (χ1v) is 8.42. The van der Waals surface area contributed by atoms with Crippen LogP contribution in [0.15, 0.2) is 48.5 Å². The number of carbonyl (C=O) groups excluding carboxylic acids is 2. The van der Waals surface area contributed by atoms with Crippen LogP contribution < -0.4 is 25.0 Å². The van der Waals surface area contributed by atoms with Crippen LogP contribution in [0.5, 0.6) is 11.5 Å². The number of urea groups is 1. The van der Waals surface area contributed by atoms with E-state index < -0.39 is 6.09 Å².